The molecule has 3 unspecified atom stereocenters. The molecule has 4 heteroatoms. The van der Waals surface area contributed by atoms with Crippen LogP contribution in [0, 0.1) is 6.92 Å². The average molecular weight is 279 g/mol. The lowest BCUT2D eigenvalue weighted by Gasteiger charge is -2.38. The maximum absolute atomic E-state index is 10.2. The Bertz CT molecular complexity index is 424. The van der Waals surface area contributed by atoms with Crippen molar-refractivity contribution in [2.45, 2.75) is 39.0 Å². The van der Waals surface area contributed by atoms with Gasteiger partial charge in [-0.1, -0.05) is 18.2 Å². The molecule has 1 fully saturated rings. The SMILES string of the molecule is Cc1ccccc1OCC(O)CN1CCOC(C)C1C. The van der Waals surface area contributed by atoms with E-state index in [4.69, 9.17) is 9.47 Å². The Balaban J connectivity index is 1.80. The maximum Gasteiger partial charge on any atom is 0.122 e. The van der Waals surface area contributed by atoms with Crippen LogP contribution in [0.1, 0.15) is 19.4 Å². The number of benzene rings is 1. The molecule has 1 heterocycles. The molecular formula is C16H25NO3. The molecule has 0 radical (unpaired) electrons. The summed E-state index contributed by atoms with van der Waals surface area (Å²) in [5.41, 5.74) is 1.09. The maximum atomic E-state index is 10.2. The smallest absolute Gasteiger partial charge is 0.122 e. The summed E-state index contributed by atoms with van der Waals surface area (Å²) in [6, 6.07) is 8.20. The third kappa shape index (κ3) is 3.95. The Morgan fingerprint density at radius 3 is 2.90 bits per heavy atom. The summed E-state index contributed by atoms with van der Waals surface area (Å²) in [6.07, 6.45) is -0.268. The minimum Gasteiger partial charge on any atom is -0.491 e. The molecule has 1 saturated heterocycles. The minimum absolute atomic E-state index is 0.216. The average Bonchev–Trinajstić information content (AvgIpc) is 2.43. The third-order valence-corrected chi connectivity index (χ3v) is 3.98. The highest BCUT2D eigenvalue weighted by atomic mass is 16.5. The number of aliphatic hydroxyl groups excluding tert-OH is 1. The van der Waals surface area contributed by atoms with Gasteiger partial charge in [0.1, 0.15) is 18.5 Å². The van der Waals surface area contributed by atoms with Gasteiger partial charge in [0.2, 0.25) is 0 Å². The molecule has 1 N–H and O–H groups in total. The molecule has 20 heavy (non-hydrogen) atoms. The fourth-order valence-electron chi connectivity index (χ4n) is 2.48. The first kappa shape index (κ1) is 15.3. The highest BCUT2D eigenvalue weighted by molar-refractivity contribution is 5.31. The zero-order valence-corrected chi connectivity index (χ0v) is 12.6. The summed E-state index contributed by atoms with van der Waals surface area (Å²) >= 11 is 0. The molecule has 0 aliphatic carbocycles. The van der Waals surface area contributed by atoms with Crippen molar-refractivity contribution in [1.29, 1.82) is 0 Å². The van der Waals surface area contributed by atoms with Crippen LogP contribution in [0.15, 0.2) is 24.3 Å². The van der Waals surface area contributed by atoms with Crippen molar-refractivity contribution >= 4 is 0 Å². The summed E-state index contributed by atoms with van der Waals surface area (Å²) in [5, 5.41) is 10.2. The summed E-state index contributed by atoms with van der Waals surface area (Å²) in [6.45, 7) is 8.77. The molecule has 1 aliphatic heterocycles. The standard InChI is InChI=1S/C16H25NO3/c1-12-6-4-5-7-16(12)20-11-15(18)10-17-8-9-19-14(3)13(17)2/h4-7,13-15,18H,8-11H2,1-3H3. The van der Waals surface area contributed by atoms with Crippen molar-refractivity contribution < 1.29 is 14.6 Å². The molecule has 0 saturated carbocycles. The van der Waals surface area contributed by atoms with Crippen molar-refractivity contribution in [2.24, 2.45) is 0 Å². The fraction of sp³-hybridized carbons (Fsp3) is 0.625. The van der Waals surface area contributed by atoms with Gasteiger partial charge in [-0.3, -0.25) is 4.90 Å². The predicted octanol–water partition coefficient (Wildman–Crippen LogP) is 1.84. The number of β-amino-alcohol motifs (C(OH)–C–C–N with tert-alkyl or cyclic N) is 1. The van der Waals surface area contributed by atoms with E-state index in [-0.39, 0.29) is 6.10 Å². The molecule has 0 aromatic heterocycles. The highest BCUT2D eigenvalue weighted by Gasteiger charge is 2.26. The number of nitrogens with zero attached hydrogens (tertiary/aromatic N) is 1. The number of rotatable bonds is 5. The van der Waals surface area contributed by atoms with Gasteiger partial charge in [0.15, 0.2) is 0 Å². The first-order valence-corrected chi connectivity index (χ1v) is 7.30. The number of ether oxygens (including phenoxy) is 2. The molecule has 0 amide bonds. The lowest BCUT2D eigenvalue weighted by molar-refractivity contribution is -0.0701. The van der Waals surface area contributed by atoms with Gasteiger partial charge in [-0.15, -0.1) is 0 Å². The van der Waals surface area contributed by atoms with Crippen LogP contribution in [0.3, 0.4) is 0 Å². The molecule has 1 aromatic carbocycles. The molecule has 3 atom stereocenters. The van der Waals surface area contributed by atoms with E-state index in [0.717, 1.165) is 24.5 Å². The van der Waals surface area contributed by atoms with E-state index in [1.165, 1.54) is 0 Å². The Morgan fingerprint density at radius 1 is 1.40 bits per heavy atom. The van der Waals surface area contributed by atoms with E-state index in [1.807, 2.05) is 31.2 Å². The molecule has 0 bridgehead atoms. The number of hydrogen-bond donors (Lipinski definition) is 1. The zero-order chi connectivity index (χ0) is 14.5. The van der Waals surface area contributed by atoms with Gasteiger partial charge >= 0.3 is 0 Å². The van der Waals surface area contributed by atoms with Crippen LogP contribution in [0.25, 0.3) is 0 Å². The fourth-order valence-corrected chi connectivity index (χ4v) is 2.48. The van der Waals surface area contributed by atoms with E-state index >= 15 is 0 Å². The van der Waals surface area contributed by atoms with Gasteiger partial charge in [0.05, 0.1) is 12.7 Å². The van der Waals surface area contributed by atoms with Crippen LogP contribution >= 0.6 is 0 Å². The van der Waals surface area contributed by atoms with Gasteiger partial charge in [-0.05, 0) is 32.4 Å². The number of morpholine rings is 1. The Labute approximate surface area is 121 Å². The largest absolute Gasteiger partial charge is 0.491 e. The lowest BCUT2D eigenvalue weighted by Crippen LogP contribution is -2.51. The molecular weight excluding hydrogens is 254 g/mol. The first-order valence-electron chi connectivity index (χ1n) is 7.30. The van der Waals surface area contributed by atoms with Crippen molar-refractivity contribution in [1.82, 2.24) is 4.90 Å². The summed E-state index contributed by atoms with van der Waals surface area (Å²) in [7, 11) is 0. The Morgan fingerprint density at radius 2 is 2.15 bits per heavy atom. The van der Waals surface area contributed by atoms with Crippen LogP contribution in [-0.4, -0.2) is 54.6 Å². The molecule has 4 nitrogen and oxygen atoms in total. The predicted molar refractivity (Wildman–Crippen MR) is 79.1 cm³/mol. The van der Waals surface area contributed by atoms with Crippen molar-refractivity contribution in [3.05, 3.63) is 29.8 Å². The number of para-hydroxylation sites is 1. The molecule has 112 valence electrons. The van der Waals surface area contributed by atoms with Gasteiger partial charge in [-0.2, -0.15) is 0 Å². The quantitative estimate of drug-likeness (QED) is 0.893. The van der Waals surface area contributed by atoms with Crippen LogP contribution < -0.4 is 4.74 Å². The molecule has 1 aromatic rings. The van der Waals surface area contributed by atoms with Gasteiger partial charge in [-0.25, -0.2) is 0 Å². The monoisotopic (exact) mass is 279 g/mol. The van der Waals surface area contributed by atoms with Gasteiger partial charge < -0.3 is 14.6 Å². The first-order chi connectivity index (χ1) is 9.58. The van der Waals surface area contributed by atoms with E-state index in [9.17, 15) is 5.11 Å². The number of aliphatic hydroxyl groups is 1. The highest BCUT2D eigenvalue weighted by Crippen LogP contribution is 2.17. The zero-order valence-electron chi connectivity index (χ0n) is 12.6. The van der Waals surface area contributed by atoms with E-state index < -0.39 is 6.10 Å². The topological polar surface area (TPSA) is 41.9 Å². The number of hydrogen-bond acceptors (Lipinski definition) is 4. The van der Waals surface area contributed by atoms with Crippen LogP contribution in [0.4, 0.5) is 0 Å². The van der Waals surface area contributed by atoms with Crippen molar-refractivity contribution in [2.75, 3.05) is 26.3 Å². The van der Waals surface area contributed by atoms with Crippen LogP contribution in [0.5, 0.6) is 5.75 Å². The van der Waals surface area contributed by atoms with Gasteiger partial charge in [0.25, 0.3) is 0 Å². The van der Waals surface area contributed by atoms with Crippen molar-refractivity contribution in [3.8, 4) is 5.75 Å². The second-order valence-electron chi connectivity index (χ2n) is 5.54. The summed E-state index contributed by atoms with van der Waals surface area (Å²) < 4.78 is 11.3. The Hall–Kier alpha value is -1.10. The minimum atomic E-state index is -0.484. The van der Waals surface area contributed by atoms with Gasteiger partial charge in [0, 0.05) is 19.1 Å². The Kier molecular flexibility index (Phi) is 5.40. The van der Waals surface area contributed by atoms with E-state index in [0.29, 0.717) is 19.2 Å². The second-order valence-corrected chi connectivity index (χ2v) is 5.54. The summed E-state index contributed by atoms with van der Waals surface area (Å²) in [4.78, 5) is 2.26. The molecule has 2 rings (SSSR count). The molecule has 0 spiro atoms. The van der Waals surface area contributed by atoms with Crippen LogP contribution in [-0.2, 0) is 4.74 Å². The lowest BCUT2D eigenvalue weighted by atomic mass is 10.1. The molecule has 1 aliphatic rings. The second kappa shape index (κ2) is 7.07. The normalized spacial score (nSPS) is 25.4. The van der Waals surface area contributed by atoms with Crippen molar-refractivity contribution in [3.63, 3.8) is 0 Å². The third-order valence-electron chi connectivity index (χ3n) is 3.98. The van der Waals surface area contributed by atoms with E-state index in [2.05, 4.69) is 18.7 Å². The van der Waals surface area contributed by atoms with E-state index in [1.54, 1.807) is 0 Å². The number of aryl methyl sites for hydroxylation is 1. The van der Waals surface area contributed by atoms with Crippen LogP contribution in [0.2, 0.25) is 0 Å². The summed E-state index contributed by atoms with van der Waals surface area (Å²) in [5.74, 6) is 0.843.